The first-order chi connectivity index (χ1) is 13.3. The molecular formula is C19H26ClN5O2S. The van der Waals surface area contributed by atoms with Crippen molar-refractivity contribution in [1.29, 1.82) is 0 Å². The van der Waals surface area contributed by atoms with Crippen molar-refractivity contribution in [2.24, 2.45) is 22.4 Å². The Morgan fingerprint density at radius 3 is 2.50 bits per heavy atom. The van der Waals surface area contributed by atoms with Crippen LogP contribution in [0.3, 0.4) is 0 Å². The molecule has 0 bridgehead atoms. The Bertz CT molecular complexity index is 920. The molecule has 3 aliphatic rings. The van der Waals surface area contributed by atoms with E-state index in [9.17, 15) is 8.42 Å². The predicted molar refractivity (Wildman–Crippen MR) is 112 cm³/mol. The molecule has 1 heterocycles. The number of nitrogens with zero attached hydrogens (tertiary/aromatic N) is 1. The van der Waals surface area contributed by atoms with Crippen LogP contribution in [-0.2, 0) is 9.84 Å². The molecule has 28 heavy (non-hydrogen) atoms. The molecule has 2 saturated carbocycles. The standard InChI is InChI=1S/C19H26ClN5O2S/c20-15-11-23-19(22,12-5-7-13(21)8-6-12)25-18(15)24-16-3-1-2-4-17(16)28(26,27)14-9-10-14/h1-4,11-14,24-25H,5-10,21-22H2. The van der Waals surface area contributed by atoms with Gasteiger partial charge in [0.25, 0.3) is 0 Å². The molecule has 1 aromatic carbocycles. The minimum Gasteiger partial charge on any atom is -0.340 e. The van der Waals surface area contributed by atoms with E-state index in [0.29, 0.717) is 29.4 Å². The summed E-state index contributed by atoms with van der Waals surface area (Å²) in [7, 11) is -3.35. The van der Waals surface area contributed by atoms with Crippen molar-refractivity contribution in [3.05, 3.63) is 35.1 Å². The van der Waals surface area contributed by atoms with E-state index in [-0.39, 0.29) is 22.1 Å². The number of benzene rings is 1. The summed E-state index contributed by atoms with van der Waals surface area (Å²) < 4.78 is 25.5. The molecule has 4 rings (SSSR count). The maximum Gasteiger partial charge on any atom is 0.186 e. The van der Waals surface area contributed by atoms with E-state index in [1.54, 1.807) is 24.3 Å². The highest BCUT2D eigenvalue weighted by Gasteiger charge is 2.40. The smallest absolute Gasteiger partial charge is 0.186 e. The maximum absolute atomic E-state index is 12.8. The highest BCUT2D eigenvalue weighted by Crippen LogP contribution is 2.37. The molecule has 7 nitrogen and oxygen atoms in total. The second-order valence-corrected chi connectivity index (χ2v) is 10.5. The molecule has 0 aromatic heterocycles. The first kappa shape index (κ1) is 19.7. The molecule has 0 spiro atoms. The lowest BCUT2D eigenvalue weighted by Gasteiger charge is -2.41. The number of aliphatic imine (C=N–C) groups is 1. The Balaban J connectivity index is 1.58. The van der Waals surface area contributed by atoms with Crippen LogP contribution in [0, 0.1) is 5.92 Å². The van der Waals surface area contributed by atoms with Crippen LogP contribution in [0.5, 0.6) is 0 Å². The fourth-order valence-corrected chi connectivity index (χ4v) is 5.84. The lowest BCUT2D eigenvalue weighted by molar-refractivity contribution is 0.176. The Labute approximate surface area is 170 Å². The molecule has 0 radical (unpaired) electrons. The van der Waals surface area contributed by atoms with Crippen LogP contribution in [0.1, 0.15) is 38.5 Å². The zero-order valence-electron chi connectivity index (χ0n) is 15.6. The molecule has 0 saturated heterocycles. The molecule has 6 N–H and O–H groups in total. The molecule has 2 aliphatic carbocycles. The van der Waals surface area contributed by atoms with Crippen molar-refractivity contribution in [3.8, 4) is 0 Å². The minimum absolute atomic E-state index is 0.121. The van der Waals surface area contributed by atoms with Gasteiger partial charge in [0.15, 0.2) is 15.6 Å². The van der Waals surface area contributed by atoms with Crippen LogP contribution < -0.4 is 22.1 Å². The van der Waals surface area contributed by atoms with Crippen molar-refractivity contribution in [2.75, 3.05) is 5.32 Å². The third kappa shape index (κ3) is 3.78. The van der Waals surface area contributed by atoms with Gasteiger partial charge in [-0.3, -0.25) is 5.73 Å². The number of rotatable bonds is 5. The summed E-state index contributed by atoms with van der Waals surface area (Å²) in [4.78, 5) is 4.73. The van der Waals surface area contributed by atoms with Gasteiger partial charge < -0.3 is 16.4 Å². The number of nitrogens with two attached hydrogens (primary N) is 2. The Kier molecular flexibility index (Phi) is 5.16. The van der Waals surface area contributed by atoms with Crippen LogP contribution in [0.4, 0.5) is 5.69 Å². The summed E-state index contributed by atoms with van der Waals surface area (Å²) in [6.07, 6.45) is 6.51. The number of anilines is 1. The van der Waals surface area contributed by atoms with Crippen LogP contribution in [-0.4, -0.2) is 31.7 Å². The summed E-state index contributed by atoms with van der Waals surface area (Å²) in [6, 6.07) is 7.09. The molecular weight excluding hydrogens is 398 g/mol. The molecule has 2 fully saturated rings. The average Bonchev–Trinajstić information content (AvgIpc) is 3.51. The van der Waals surface area contributed by atoms with Gasteiger partial charge in [-0.2, -0.15) is 0 Å². The first-order valence-electron chi connectivity index (χ1n) is 9.67. The number of para-hydroxylation sites is 1. The normalized spacial score (nSPS) is 30.8. The summed E-state index contributed by atoms with van der Waals surface area (Å²) in [5, 5.41) is 6.43. The first-order valence-corrected chi connectivity index (χ1v) is 11.6. The molecule has 1 atom stereocenters. The van der Waals surface area contributed by atoms with E-state index >= 15 is 0 Å². The summed E-state index contributed by atoms with van der Waals surface area (Å²) >= 11 is 6.34. The number of hydrogen-bond donors (Lipinski definition) is 4. The summed E-state index contributed by atoms with van der Waals surface area (Å²) in [5.41, 5.74) is 13.1. The van der Waals surface area contributed by atoms with Gasteiger partial charge >= 0.3 is 0 Å². The van der Waals surface area contributed by atoms with Gasteiger partial charge in [-0.05, 0) is 50.7 Å². The van der Waals surface area contributed by atoms with Crippen molar-refractivity contribution >= 4 is 33.3 Å². The molecule has 1 unspecified atom stereocenters. The SMILES string of the molecule is NC1CCC(C2(N)N=CC(Cl)=C(Nc3ccccc3S(=O)(=O)C3CC3)N2)CC1. The maximum atomic E-state index is 12.8. The largest absolute Gasteiger partial charge is 0.340 e. The molecule has 0 amide bonds. The fraction of sp³-hybridized carbons (Fsp3) is 0.526. The van der Waals surface area contributed by atoms with Crippen molar-refractivity contribution < 1.29 is 8.42 Å². The zero-order valence-corrected chi connectivity index (χ0v) is 17.1. The topological polar surface area (TPSA) is 123 Å². The lowest BCUT2D eigenvalue weighted by atomic mass is 9.82. The lowest BCUT2D eigenvalue weighted by Crippen LogP contribution is -2.60. The van der Waals surface area contributed by atoms with E-state index in [1.165, 1.54) is 6.21 Å². The molecule has 1 aliphatic heterocycles. The minimum atomic E-state index is -3.35. The quantitative estimate of drug-likeness (QED) is 0.576. The van der Waals surface area contributed by atoms with Crippen molar-refractivity contribution in [2.45, 2.75) is 60.5 Å². The van der Waals surface area contributed by atoms with Crippen LogP contribution in [0.15, 0.2) is 45.0 Å². The average molecular weight is 424 g/mol. The molecule has 1 aromatic rings. The number of nitrogens with one attached hydrogen (secondary N) is 2. The highest BCUT2D eigenvalue weighted by atomic mass is 35.5. The van der Waals surface area contributed by atoms with E-state index in [4.69, 9.17) is 23.1 Å². The number of halogens is 1. The summed E-state index contributed by atoms with van der Waals surface area (Å²) in [6.45, 7) is 0. The van der Waals surface area contributed by atoms with Gasteiger partial charge in [-0.1, -0.05) is 23.7 Å². The van der Waals surface area contributed by atoms with Crippen LogP contribution in [0.2, 0.25) is 0 Å². The number of allylic oxidation sites excluding steroid dienone is 1. The Hall–Kier alpha value is -1.61. The second kappa shape index (κ2) is 7.33. The van der Waals surface area contributed by atoms with Crippen molar-refractivity contribution in [1.82, 2.24) is 5.32 Å². The van der Waals surface area contributed by atoms with Crippen molar-refractivity contribution in [3.63, 3.8) is 0 Å². The monoisotopic (exact) mass is 423 g/mol. The molecule has 9 heteroatoms. The van der Waals surface area contributed by atoms with Gasteiger partial charge in [-0.15, -0.1) is 0 Å². The number of sulfone groups is 1. The van der Waals surface area contributed by atoms with Crippen LogP contribution >= 0.6 is 11.6 Å². The van der Waals surface area contributed by atoms with E-state index in [2.05, 4.69) is 15.6 Å². The third-order valence-electron chi connectivity index (χ3n) is 5.77. The summed E-state index contributed by atoms with van der Waals surface area (Å²) in [5.74, 6) is -0.409. The van der Waals surface area contributed by atoms with Gasteiger partial charge in [-0.25, -0.2) is 13.4 Å². The third-order valence-corrected chi connectivity index (χ3v) is 8.37. The van der Waals surface area contributed by atoms with E-state index in [1.807, 2.05) is 0 Å². The fourth-order valence-electron chi connectivity index (χ4n) is 3.89. The second-order valence-electron chi connectivity index (χ2n) is 7.91. The van der Waals surface area contributed by atoms with E-state index in [0.717, 1.165) is 25.7 Å². The Morgan fingerprint density at radius 2 is 1.82 bits per heavy atom. The zero-order chi connectivity index (χ0) is 19.9. The predicted octanol–water partition coefficient (Wildman–Crippen LogP) is 2.25. The van der Waals surface area contributed by atoms with Gasteiger partial charge in [0.2, 0.25) is 0 Å². The van der Waals surface area contributed by atoms with Crippen LogP contribution in [0.25, 0.3) is 0 Å². The van der Waals surface area contributed by atoms with E-state index < -0.39 is 15.6 Å². The van der Waals surface area contributed by atoms with Gasteiger partial charge in [0.1, 0.15) is 5.82 Å². The van der Waals surface area contributed by atoms with Gasteiger partial charge in [0.05, 0.1) is 20.9 Å². The number of hydrogen-bond acceptors (Lipinski definition) is 7. The highest BCUT2D eigenvalue weighted by molar-refractivity contribution is 7.92. The van der Waals surface area contributed by atoms with Gasteiger partial charge in [0, 0.05) is 18.2 Å². The Morgan fingerprint density at radius 1 is 1.14 bits per heavy atom. The molecule has 152 valence electrons.